The predicted molar refractivity (Wildman–Crippen MR) is 78.5 cm³/mol. The summed E-state index contributed by atoms with van der Waals surface area (Å²) >= 11 is 3.46. The Labute approximate surface area is 118 Å². The van der Waals surface area contributed by atoms with Crippen LogP contribution in [0.15, 0.2) is 16.6 Å². The molecular weight excluding hydrogens is 292 g/mol. The van der Waals surface area contributed by atoms with E-state index in [2.05, 4.69) is 22.9 Å². The molecule has 0 saturated heterocycles. The first-order valence-corrected chi connectivity index (χ1v) is 7.26. The van der Waals surface area contributed by atoms with Gasteiger partial charge in [-0.3, -0.25) is 4.79 Å². The lowest BCUT2D eigenvalue weighted by Gasteiger charge is -2.10. The number of ketones is 1. The monoisotopic (exact) mass is 312 g/mol. The predicted octanol–water partition coefficient (Wildman–Crippen LogP) is 4.92. The highest BCUT2D eigenvalue weighted by Gasteiger charge is 2.13. The molecule has 0 aliphatic heterocycles. The van der Waals surface area contributed by atoms with E-state index in [4.69, 9.17) is 4.74 Å². The topological polar surface area (TPSA) is 26.3 Å². The minimum absolute atomic E-state index is 0.170. The Kier molecular flexibility index (Phi) is 6.41. The van der Waals surface area contributed by atoms with Gasteiger partial charge in [0.25, 0.3) is 0 Å². The molecule has 1 rings (SSSR count). The molecule has 0 bridgehead atoms. The van der Waals surface area contributed by atoms with Crippen molar-refractivity contribution in [2.24, 2.45) is 0 Å². The first kappa shape index (κ1) is 15.2. The number of halogens is 1. The number of ether oxygens (including phenoxy) is 1. The summed E-state index contributed by atoms with van der Waals surface area (Å²) in [7, 11) is 1.61. The summed E-state index contributed by atoms with van der Waals surface area (Å²) in [6, 6.07) is 3.78. The van der Waals surface area contributed by atoms with E-state index in [-0.39, 0.29) is 5.78 Å². The van der Waals surface area contributed by atoms with E-state index in [0.717, 1.165) is 22.9 Å². The van der Waals surface area contributed by atoms with Crippen molar-refractivity contribution in [3.63, 3.8) is 0 Å². The van der Waals surface area contributed by atoms with Gasteiger partial charge in [-0.1, -0.05) is 42.1 Å². The van der Waals surface area contributed by atoms with Crippen molar-refractivity contribution in [1.29, 1.82) is 0 Å². The van der Waals surface area contributed by atoms with E-state index in [1.807, 2.05) is 19.1 Å². The molecule has 0 unspecified atom stereocenters. The van der Waals surface area contributed by atoms with Crippen molar-refractivity contribution >= 4 is 21.7 Å². The summed E-state index contributed by atoms with van der Waals surface area (Å²) in [5.41, 5.74) is 1.76. The molecule has 100 valence electrons. The van der Waals surface area contributed by atoms with Crippen molar-refractivity contribution in [1.82, 2.24) is 0 Å². The molecule has 0 radical (unpaired) electrons. The van der Waals surface area contributed by atoms with E-state index < -0.39 is 0 Å². The number of hydrogen-bond acceptors (Lipinski definition) is 2. The smallest absolute Gasteiger partial charge is 0.166 e. The summed E-state index contributed by atoms with van der Waals surface area (Å²) in [6.07, 6.45) is 5.07. The zero-order valence-corrected chi connectivity index (χ0v) is 13.0. The van der Waals surface area contributed by atoms with Crippen LogP contribution in [0.3, 0.4) is 0 Å². The van der Waals surface area contributed by atoms with E-state index in [0.29, 0.717) is 17.7 Å². The van der Waals surface area contributed by atoms with Crippen molar-refractivity contribution in [3.05, 3.63) is 27.7 Å². The number of carbonyl (C=O) groups excluding carboxylic acids is 1. The third-order valence-electron chi connectivity index (χ3n) is 3.04. The van der Waals surface area contributed by atoms with Crippen LogP contribution in [0.4, 0.5) is 0 Å². The molecular formula is C15H21BrO2. The van der Waals surface area contributed by atoms with E-state index >= 15 is 0 Å². The van der Waals surface area contributed by atoms with Gasteiger partial charge in [0.2, 0.25) is 0 Å². The highest BCUT2D eigenvalue weighted by Crippen LogP contribution is 2.28. The minimum Gasteiger partial charge on any atom is -0.496 e. The SMILES string of the molecule is CCCCCCC(=O)c1cc(Br)c(C)cc1OC. The second-order valence-corrected chi connectivity index (χ2v) is 5.39. The molecule has 3 heteroatoms. The van der Waals surface area contributed by atoms with Crippen LogP contribution >= 0.6 is 15.9 Å². The molecule has 0 aliphatic rings. The number of carbonyl (C=O) groups is 1. The maximum Gasteiger partial charge on any atom is 0.166 e. The maximum absolute atomic E-state index is 12.2. The van der Waals surface area contributed by atoms with Gasteiger partial charge < -0.3 is 4.74 Å². The fourth-order valence-corrected chi connectivity index (χ4v) is 2.23. The summed E-state index contributed by atoms with van der Waals surface area (Å²) < 4.78 is 6.25. The van der Waals surface area contributed by atoms with Crippen LogP contribution in [0.5, 0.6) is 5.75 Å². The molecule has 0 N–H and O–H groups in total. The fourth-order valence-electron chi connectivity index (χ4n) is 1.89. The van der Waals surface area contributed by atoms with Gasteiger partial charge >= 0.3 is 0 Å². The molecule has 0 aromatic heterocycles. The van der Waals surface area contributed by atoms with Crippen LogP contribution in [0.2, 0.25) is 0 Å². The van der Waals surface area contributed by atoms with Crippen LogP contribution < -0.4 is 4.74 Å². The lowest BCUT2D eigenvalue weighted by molar-refractivity contribution is 0.0976. The van der Waals surface area contributed by atoms with Crippen molar-refractivity contribution < 1.29 is 9.53 Å². The third kappa shape index (κ3) is 4.13. The van der Waals surface area contributed by atoms with Crippen molar-refractivity contribution in [3.8, 4) is 5.75 Å². The van der Waals surface area contributed by atoms with Gasteiger partial charge in [0.05, 0.1) is 12.7 Å². The molecule has 0 saturated carbocycles. The summed E-state index contributed by atoms with van der Waals surface area (Å²) in [4.78, 5) is 12.2. The zero-order chi connectivity index (χ0) is 13.5. The number of methoxy groups -OCH3 is 1. The average molecular weight is 313 g/mol. The second kappa shape index (κ2) is 7.57. The number of benzene rings is 1. The molecule has 0 atom stereocenters. The highest BCUT2D eigenvalue weighted by atomic mass is 79.9. The minimum atomic E-state index is 0.170. The van der Waals surface area contributed by atoms with E-state index in [1.54, 1.807) is 7.11 Å². The first-order valence-electron chi connectivity index (χ1n) is 6.47. The Bertz CT molecular complexity index is 413. The van der Waals surface area contributed by atoms with Crippen molar-refractivity contribution in [2.75, 3.05) is 7.11 Å². The number of hydrogen-bond donors (Lipinski definition) is 0. The largest absolute Gasteiger partial charge is 0.496 e. The Morgan fingerprint density at radius 2 is 2.00 bits per heavy atom. The molecule has 18 heavy (non-hydrogen) atoms. The molecule has 0 heterocycles. The number of Topliss-reactive ketones (excluding diaryl/α,β-unsaturated/α-hetero) is 1. The third-order valence-corrected chi connectivity index (χ3v) is 3.89. The van der Waals surface area contributed by atoms with Crippen molar-refractivity contribution in [2.45, 2.75) is 46.0 Å². The summed E-state index contributed by atoms with van der Waals surface area (Å²) in [5.74, 6) is 0.847. The average Bonchev–Trinajstić information content (AvgIpc) is 2.37. The van der Waals surface area contributed by atoms with Crippen LogP contribution in [-0.2, 0) is 0 Å². The van der Waals surface area contributed by atoms with Gasteiger partial charge in [0, 0.05) is 10.9 Å². The van der Waals surface area contributed by atoms with Crippen LogP contribution in [0.25, 0.3) is 0 Å². The summed E-state index contributed by atoms with van der Waals surface area (Å²) in [6.45, 7) is 4.16. The zero-order valence-electron chi connectivity index (χ0n) is 11.4. The lowest BCUT2D eigenvalue weighted by atomic mass is 10.0. The van der Waals surface area contributed by atoms with Gasteiger partial charge in [-0.2, -0.15) is 0 Å². The quantitative estimate of drug-likeness (QED) is 0.527. The Morgan fingerprint density at radius 1 is 1.28 bits per heavy atom. The fraction of sp³-hybridized carbons (Fsp3) is 0.533. The highest BCUT2D eigenvalue weighted by molar-refractivity contribution is 9.10. The first-order chi connectivity index (χ1) is 8.60. The van der Waals surface area contributed by atoms with Gasteiger partial charge in [-0.25, -0.2) is 0 Å². The van der Waals surface area contributed by atoms with Gasteiger partial charge in [-0.05, 0) is 31.0 Å². The molecule has 1 aromatic carbocycles. The van der Waals surface area contributed by atoms with Crippen LogP contribution in [0.1, 0.15) is 54.9 Å². The van der Waals surface area contributed by atoms with Gasteiger partial charge in [0.1, 0.15) is 5.75 Å². The second-order valence-electron chi connectivity index (χ2n) is 4.54. The molecule has 0 aliphatic carbocycles. The number of rotatable bonds is 7. The Hall–Kier alpha value is -0.830. The Balaban J connectivity index is 2.75. The van der Waals surface area contributed by atoms with Gasteiger partial charge in [0.15, 0.2) is 5.78 Å². The Morgan fingerprint density at radius 3 is 2.61 bits per heavy atom. The van der Waals surface area contributed by atoms with E-state index in [1.165, 1.54) is 12.8 Å². The number of unbranched alkanes of at least 4 members (excludes halogenated alkanes) is 3. The standard InChI is InChI=1S/C15H21BrO2/c1-4-5-6-7-8-14(17)12-10-13(16)11(2)9-15(12)18-3/h9-10H,4-8H2,1-3H3. The van der Waals surface area contributed by atoms with Gasteiger partial charge in [-0.15, -0.1) is 0 Å². The molecule has 2 nitrogen and oxygen atoms in total. The normalized spacial score (nSPS) is 10.4. The van der Waals surface area contributed by atoms with Crippen LogP contribution in [-0.4, -0.2) is 12.9 Å². The van der Waals surface area contributed by atoms with Crippen LogP contribution in [0, 0.1) is 6.92 Å². The maximum atomic E-state index is 12.2. The molecule has 0 fully saturated rings. The van der Waals surface area contributed by atoms with E-state index in [9.17, 15) is 4.79 Å². The molecule has 1 aromatic rings. The molecule has 0 spiro atoms. The number of aryl methyl sites for hydroxylation is 1. The lowest BCUT2D eigenvalue weighted by Crippen LogP contribution is -2.03. The molecule has 0 amide bonds. The summed E-state index contributed by atoms with van der Waals surface area (Å²) in [5, 5.41) is 0.